The Balaban J connectivity index is 1.56. The molecular weight excluding hydrogens is 450 g/mol. The Kier molecular flexibility index (Phi) is 7.55. The average molecular weight is 478 g/mol. The van der Waals surface area contributed by atoms with Crippen LogP contribution in [0.15, 0.2) is 89.4 Å². The zero-order valence-electron chi connectivity index (χ0n) is 17.6. The summed E-state index contributed by atoms with van der Waals surface area (Å²) in [6.45, 7) is 2.06. The van der Waals surface area contributed by atoms with Gasteiger partial charge in [0.05, 0.1) is 6.42 Å². The highest BCUT2D eigenvalue weighted by Gasteiger charge is 2.27. The molecule has 0 N–H and O–H groups in total. The maximum Gasteiger partial charge on any atom is 0.308 e. The van der Waals surface area contributed by atoms with Crippen molar-refractivity contribution in [3.8, 4) is 0 Å². The van der Waals surface area contributed by atoms with Crippen molar-refractivity contribution in [2.24, 2.45) is 0 Å². The minimum atomic E-state index is -0.417. The molecule has 0 aromatic heterocycles. The fourth-order valence-electron chi connectivity index (χ4n) is 4.29. The predicted octanol–water partition coefficient (Wildman–Crippen LogP) is 6.70. The monoisotopic (exact) mass is 477 g/mol. The number of hydrogen-bond donors (Lipinski definition) is 0. The van der Waals surface area contributed by atoms with Gasteiger partial charge in [-0.15, -0.1) is 0 Å². The quantitative estimate of drug-likeness (QED) is 0.354. The molecule has 0 radical (unpaired) electrons. The van der Waals surface area contributed by atoms with Gasteiger partial charge in [0.2, 0.25) is 0 Å². The summed E-state index contributed by atoms with van der Waals surface area (Å²) < 4.78 is 7.13. The summed E-state index contributed by atoms with van der Waals surface area (Å²) in [7, 11) is 0. The molecule has 4 heteroatoms. The van der Waals surface area contributed by atoms with Gasteiger partial charge in [-0.2, -0.15) is 0 Å². The molecule has 1 aliphatic heterocycles. The Labute approximate surface area is 193 Å². The van der Waals surface area contributed by atoms with Gasteiger partial charge in [0.25, 0.3) is 0 Å². The molecule has 0 spiro atoms. The van der Waals surface area contributed by atoms with E-state index in [-0.39, 0.29) is 12.0 Å². The second kappa shape index (κ2) is 10.7. The maximum absolute atomic E-state index is 13.2. The summed E-state index contributed by atoms with van der Waals surface area (Å²) in [5.74, 6) is -0.170. The zero-order chi connectivity index (χ0) is 21.5. The summed E-state index contributed by atoms with van der Waals surface area (Å²) in [6, 6.07) is 28.4. The second-order valence-corrected chi connectivity index (χ2v) is 8.98. The highest BCUT2D eigenvalue weighted by atomic mass is 79.9. The number of rotatable bonds is 7. The number of halogens is 1. The van der Waals surface area contributed by atoms with E-state index in [1.165, 1.54) is 24.8 Å². The third kappa shape index (κ3) is 5.84. The summed E-state index contributed by atoms with van der Waals surface area (Å²) in [5, 5.41) is 0. The fraction of sp³-hybridized carbons (Fsp3) is 0.296. The molecule has 160 valence electrons. The molecule has 3 aromatic carbocycles. The van der Waals surface area contributed by atoms with Gasteiger partial charge in [-0.3, -0.25) is 9.69 Å². The molecule has 3 nitrogen and oxygen atoms in total. The first-order valence-corrected chi connectivity index (χ1v) is 11.8. The van der Waals surface area contributed by atoms with Crippen LogP contribution in [0, 0.1) is 0 Å². The van der Waals surface area contributed by atoms with Gasteiger partial charge in [-0.25, -0.2) is 0 Å². The molecule has 4 rings (SSSR count). The Bertz CT molecular complexity index is 954. The number of nitrogens with zero attached hydrogens (tertiary/aromatic N) is 1. The van der Waals surface area contributed by atoms with E-state index in [1.807, 2.05) is 72.8 Å². The van der Waals surface area contributed by atoms with Gasteiger partial charge >= 0.3 is 5.97 Å². The van der Waals surface area contributed by atoms with Crippen molar-refractivity contribution in [1.29, 1.82) is 0 Å². The Morgan fingerprint density at radius 1 is 0.774 bits per heavy atom. The molecule has 0 saturated carbocycles. The van der Waals surface area contributed by atoms with Crippen molar-refractivity contribution < 1.29 is 9.53 Å². The molecule has 0 amide bonds. The van der Waals surface area contributed by atoms with Gasteiger partial charge < -0.3 is 4.74 Å². The molecular formula is C27H28BrNO2. The highest BCUT2D eigenvalue weighted by molar-refractivity contribution is 9.10. The van der Waals surface area contributed by atoms with Crippen LogP contribution in [-0.2, 0) is 9.53 Å². The van der Waals surface area contributed by atoms with E-state index >= 15 is 0 Å². The molecule has 1 heterocycles. The number of carbonyl (C=O) groups is 1. The van der Waals surface area contributed by atoms with E-state index < -0.39 is 6.10 Å². The summed E-state index contributed by atoms with van der Waals surface area (Å²) in [4.78, 5) is 15.7. The van der Waals surface area contributed by atoms with Crippen LogP contribution in [0.4, 0.5) is 0 Å². The van der Waals surface area contributed by atoms with Gasteiger partial charge in [-0.05, 0) is 54.8 Å². The summed E-state index contributed by atoms with van der Waals surface area (Å²) >= 11 is 3.49. The van der Waals surface area contributed by atoms with Gasteiger partial charge in [0.1, 0.15) is 0 Å². The maximum atomic E-state index is 13.2. The summed E-state index contributed by atoms with van der Waals surface area (Å²) in [5.41, 5.74) is 3.13. The number of piperidine rings is 1. The van der Waals surface area contributed by atoms with Crippen LogP contribution in [-0.4, -0.2) is 24.0 Å². The molecule has 2 atom stereocenters. The lowest BCUT2D eigenvalue weighted by molar-refractivity contribution is -0.149. The minimum absolute atomic E-state index is 0.0512. The molecule has 0 unspecified atom stereocenters. The topological polar surface area (TPSA) is 29.5 Å². The van der Waals surface area contributed by atoms with Crippen molar-refractivity contribution in [1.82, 2.24) is 4.90 Å². The molecule has 1 saturated heterocycles. The first-order chi connectivity index (χ1) is 15.2. The van der Waals surface area contributed by atoms with Crippen LogP contribution in [0.5, 0.6) is 0 Å². The van der Waals surface area contributed by atoms with Gasteiger partial charge in [0.15, 0.2) is 6.10 Å². The lowest BCUT2D eigenvalue weighted by atomic mass is 9.98. The molecule has 1 fully saturated rings. The van der Waals surface area contributed by atoms with Crippen molar-refractivity contribution in [2.75, 3.05) is 13.1 Å². The van der Waals surface area contributed by atoms with Crippen molar-refractivity contribution in [3.05, 3.63) is 106 Å². The zero-order valence-corrected chi connectivity index (χ0v) is 19.2. The van der Waals surface area contributed by atoms with Gasteiger partial charge in [-0.1, -0.05) is 95.1 Å². The van der Waals surface area contributed by atoms with E-state index in [9.17, 15) is 4.79 Å². The number of likely N-dealkylation sites (tertiary alicyclic amines) is 1. The largest absolute Gasteiger partial charge is 0.452 e. The van der Waals surface area contributed by atoms with Crippen LogP contribution in [0.2, 0.25) is 0 Å². The van der Waals surface area contributed by atoms with E-state index in [2.05, 4.69) is 33.0 Å². The molecule has 31 heavy (non-hydrogen) atoms. The van der Waals surface area contributed by atoms with Gasteiger partial charge in [0, 0.05) is 10.5 Å². The SMILES string of the molecule is O=C(C[C@H](c1ccccc1)N1CCCCC1)O[C@@H](c1ccccc1)c1ccc(Br)cc1. The highest BCUT2D eigenvalue weighted by Crippen LogP contribution is 2.31. The van der Waals surface area contributed by atoms with E-state index in [4.69, 9.17) is 4.74 Å². The minimum Gasteiger partial charge on any atom is -0.452 e. The van der Waals surface area contributed by atoms with E-state index in [1.54, 1.807) is 0 Å². The molecule has 0 bridgehead atoms. The van der Waals surface area contributed by atoms with Crippen molar-refractivity contribution in [3.63, 3.8) is 0 Å². The lowest BCUT2D eigenvalue weighted by Crippen LogP contribution is -2.35. The smallest absolute Gasteiger partial charge is 0.308 e. The number of benzene rings is 3. The predicted molar refractivity (Wildman–Crippen MR) is 128 cm³/mol. The first kappa shape index (κ1) is 21.8. The Morgan fingerprint density at radius 3 is 1.94 bits per heavy atom. The average Bonchev–Trinajstić information content (AvgIpc) is 2.83. The number of carbonyl (C=O) groups excluding carboxylic acids is 1. The van der Waals surface area contributed by atoms with Crippen molar-refractivity contribution in [2.45, 2.75) is 37.8 Å². The normalized spacial score (nSPS) is 16.4. The van der Waals surface area contributed by atoms with Crippen LogP contribution < -0.4 is 0 Å². The van der Waals surface area contributed by atoms with Crippen LogP contribution in [0.25, 0.3) is 0 Å². The van der Waals surface area contributed by atoms with E-state index in [0.717, 1.165) is 28.7 Å². The fourth-order valence-corrected chi connectivity index (χ4v) is 4.56. The molecule has 0 aliphatic carbocycles. The molecule has 3 aromatic rings. The van der Waals surface area contributed by atoms with Crippen LogP contribution >= 0.6 is 15.9 Å². The number of ether oxygens (including phenoxy) is 1. The second-order valence-electron chi connectivity index (χ2n) is 8.06. The molecule has 1 aliphatic rings. The third-order valence-electron chi connectivity index (χ3n) is 5.90. The Morgan fingerprint density at radius 2 is 1.32 bits per heavy atom. The number of hydrogen-bond acceptors (Lipinski definition) is 3. The van der Waals surface area contributed by atoms with Crippen LogP contribution in [0.1, 0.15) is 54.5 Å². The van der Waals surface area contributed by atoms with Crippen molar-refractivity contribution >= 4 is 21.9 Å². The Hall–Kier alpha value is -2.43. The first-order valence-electron chi connectivity index (χ1n) is 11.0. The number of esters is 1. The standard InChI is InChI=1S/C27H28BrNO2/c28-24-16-14-23(15-17-24)27(22-12-6-2-7-13-22)31-26(30)20-25(21-10-4-1-5-11-21)29-18-8-3-9-19-29/h1-2,4-7,10-17,25,27H,3,8-9,18-20H2/t25-,27+/m1/s1. The lowest BCUT2D eigenvalue weighted by Gasteiger charge is -2.34. The third-order valence-corrected chi connectivity index (χ3v) is 6.43. The summed E-state index contributed by atoms with van der Waals surface area (Å²) in [6.07, 6.45) is 3.57. The van der Waals surface area contributed by atoms with Crippen LogP contribution in [0.3, 0.4) is 0 Å². The van der Waals surface area contributed by atoms with E-state index in [0.29, 0.717) is 6.42 Å².